The number of aldehydes is 1. The molecule has 0 bridgehead atoms. The summed E-state index contributed by atoms with van der Waals surface area (Å²) in [5.74, 6) is 0. The number of hydrogen-bond donors (Lipinski definition) is 0. The predicted molar refractivity (Wildman–Crippen MR) is 25.1 cm³/mol. The Labute approximate surface area is 79.7 Å². The zero-order valence-corrected chi connectivity index (χ0v) is 3.10. The molecule has 6 heavy (non-hydrogen) atoms. The summed E-state index contributed by atoms with van der Waals surface area (Å²) in [7, 11) is 1.48. The molecule has 0 aromatic rings. The molecule has 0 amide bonds. The molecule has 0 saturated carbocycles. The van der Waals surface area contributed by atoms with Gasteiger partial charge < -0.3 is 9.53 Å². The van der Waals surface area contributed by atoms with Crippen molar-refractivity contribution in [2.75, 3.05) is 13.7 Å². The average molecular weight is 114 g/mol. The first-order valence-electron chi connectivity index (χ1n) is 1.34. The van der Waals surface area contributed by atoms with Gasteiger partial charge in [-0.2, -0.15) is 0 Å². The molecule has 0 N–H and O–H groups in total. The second-order valence-electron chi connectivity index (χ2n) is 0.622. The third kappa shape index (κ3) is 8.98. The van der Waals surface area contributed by atoms with Crippen LogP contribution in [0.4, 0.5) is 0 Å². The van der Waals surface area contributed by atoms with Gasteiger partial charge >= 0.3 is 51.4 Å². The van der Waals surface area contributed by atoms with Crippen molar-refractivity contribution >= 4 is 57.7 Å². The SMILES string of the molecule is COCC=O.[KH]. The van der Waals surface area contributed by atoms with Gasteiger partial charge in [0.15, 0.2) is 0 Å². The Bertz CT molecular complexity index is 30.0. The summed E-state index contributed by atoms with van der Waals surface area (Å²) in [6.07, 6.45) is 0.708. The first kappa shape index (κ1) is 10.3. The molecule has 32 valence electrons. The van der Waals surface area contributed by atoms with Crippen LogP contribution in [-0.2, 0) is 9.53 Å². The van der Waals surface area contributed by atoms with E-state index in [0.29, 0.717) is 6.29 Å². The van der Waals surface area contributed by atoms with Crippen molar-refractivity contribution in [3.05, 3.63) is 0 Å². The van der Waals surface area contributed by atoms with Crippen LogP contribution in [0.3, 0.4) is 0 Å². The third-order valence-corrected chi connectivity index (χ3v) is 0.235. The quantitative estimate of drug-likeness (QED) is 0.346. The molecule has 0 aliphatic heterocycles. The van der Waals surface area contributed by atoms with Crippen molar-refractivity contribution in [3.63, 3.8) is 0 Å². The first-order chi connectivity index (χ1) is 2.41. The van der Waals surface area contributed by atoms with E-state index in [1.165, 1.54) is 7.11 Å². The van der Waals surface area contributed by atoms with Gasteiger partial charge in [0, 0.05) is 7.11 Å². The molecule has 0 fully saturated rings. The molecule has 0 rings (SSSR count). The third-order valence-electron chi connectivity index (χ3n) is 0.235. The van der Waals surface area contributed by atoms with Crippen LogP contribution >= 0.6 is 0 Å². The number of rotatable bonds is 2. The summed E-state index contributed by atoms with van der Waals surface area (Å²) in [5, 5.41) is 0. The Morgan fingerprint density at radius 3 is 2.33 bits per heavy atom. The minimum atomic E-state index is 0. The van der Waals surface area contributed by atoms with Gasteiger partial charge in [0.1, 0.15) is 12.9 Å². The van der Waals surface area contributed by atoms with Crippen LogP contribution in [0.15, 0.2) is 0 Å². The summed E-state index contributed by atoms with van der Waals surface area (Å²) in [4.78, 5) is 9.28. The van der Waals surface area contributed by atoms with Crippen LogP contribution in [0, 0.1) is 0 Å². The molecule has 0 heterocycles. The van der Waals surface area contributed by atoms with Crippen molar-refractivity contribution in [2.45, 2.75) is 0 Å². The summed E-state index contributed by atoms with van der Waals surface area (Å²) < 4.78 is 4.32. The summed E-state index contributed by atoms with van der Waals surface area (Å²) in [6.45, 7) is 0.208. The summed E-state index contributed by atoms with van der Waals surface area (Å²) >= 11 is 0. The maximum atomic E-state index is 9.28. The first-order valence-corrected chi connectivity index (χ1v) is 1.34. The van der Waals surface area contributed by atoms with E-state index in [9.17, 15) is 4.79 Å². The molecule has 0 radical (unpaired) electrons. The average Bonchev–Trinajstić information content (AvgIpc) is 1.41. The van der Waals surface area contributed by atoms with Gasteiger partial charge in [0.2, 0.25) is 0 Å². The van der Waals surface area contributed by atoms with Gasteiger partial charge in [0.05, 0.1) is 0 Å². The zero-order chi connectivity index (χ0) is 4.12. The zero-order valence-electron chi connectivity index (χ0n) is 3.10. The number of hydrogen-bond acceptors (Lipinski definition) is 2. The van der Waals surface area contributed by atoms with Crippen LogP contribution in [0.25, 0.3) is 0 Å². The summed E-state index contributed by atoms with van der Waals surface area (Å²) in [6, 6.07) is 0. The van der Waals surface area contributed by atoms with Gasteiger partial charge in [-0.15, -0.1) is 0 Å². The molecule has 2 nitrogen and oxygen atoms in total. The van der Waals surface area contributed by atoms with E-state index in [2.05, 4.69) is 4.74 Å². The van der Waals surface area contributed by atoms with Crippen LogP contribution in [0.1, 0.15) is 0 Å². The van der Waals surface area contributed by atoms with E-state index in [0.717, 1.165) is 0 Å². The van der Waals surface area contributed by atoms with E-state index >= 15 is 0 Å². The Morgan fingerprint density at radius 1 is 1.83 bits per heavy atom. The summed E-state index contributed by atoms with van der Waals surface area (Å²) in [5.41, 5.74) is 0. The fourth-order valence-electron chi connectivity index (χ4n) is 0.0680. The van der Waals surface area contributed by atoms with E-state index in [1.54, 1.807) is 0 Å². The number of methoxy groups -OCH3 is 1. The molecule has 0 spiro atoms. The Balaban J connectivity index is 0. The van der Waals surface area contributed by atoms with Crippen molar-refractivity contribution < 1.29 is 9.53 Å². The topological polar surface area (TPSA) is 26.3 Å². The fourth-order valence-corrected chi connectivity index (χ4v) is 0.0680. The molecule has 0 aromatic carbocycles. The molecule has 0 aliphatic rings. The molecule has 3 heteroatoms. The molecular formula is C3H7KO2. The number of ether oxygens (including phenoxy) is 1. The van der Waals surface area contributed by atoms with E-state index in [1.807, 2.05) is 0 Å². The van der Waals surface area contributed by atoms with Crippen molar-refractivity contribution in [1.82, 2.24) is 0 Å². The van der Waals surface area contributed by atoms with Gasteiger partial charge in [-0.05, 0) is 0 Å². The van der Waals surface area contributed by atoms with Gasteiger partial charge in [-0.3, -0.25) is 0 Å². The molecular weight excluding hydrogens is 107 g/mol. The Hall–Kier alpha value is 1.27. The number of carbonyl (C=O) groups excluding carboxylic acids is 1. The Morgan fingerprint density at radius 2 is 2.33 bits per heavy atom. The van der Waals surface area contributed by atoms with Gasteiger partial charge in [0.25, 0.3) is 0 Å². The van der Waals surface area contributed by atoms with Crippen molar-refractivity contribution in [1.29, 1.82) is 0 Å². The molecule has 0 saturated heterocycles. The van der Waals surface area contributed by atoms with Gasteiger partial charge in [-0.25, -0.2) is 0 Å². The van der Waals surface area contributed by atoms with E-state index in [-0.39, 0.29) is 58.0 Å². The van der Waals surface area contributed by atoms with Crippen LogP contribution < -0.4 is 0 Å². The minimum absolute atomic E-state index is 0. The van der Waals surface area contributed by atoms with Crippen LogP contribution in [0.2, 0.25) is 0 Å². The molecule has 0 aliphatic carbocycles. The normalized spacial score (nSPS) is 6.17. The fraction of sp³-hybridized carbons (Fsp3) is 0.667. The van der Waals surface area contributed by atoms with Crippen LogP contribution in [-0.4, -0.2) is 71.4 Å². The van der Waals surface area contributed by atoms with E-state index in [4.69, 9.17) is 0 Å². The maximum absolute atomic E-state index is 9.28. The predicted octanol–water partition coefficient (Wildman–Crippen LogP) is -0.817. The standard InChI is InChI=1S/C3H6O2.K.H/c1-5-3-2-4;;/h2H,3H2,1H3;;. The molecule has 0 unspecified atom stereocenters. The number of carbonyl (C=O) groups is 1. The van der Waals surface area contributed by atoms with Crippen molar-refractivity contribution in [2.24, 2.45) is 0 Å². The molecule has 0 atom stereocenters. The van der Waals surface area contributed by atoms with Crippen molar-refractivity contribution in [3.8, 4) is 0 Å². The monoisotopic (exact) mass is 114 g/mol. The second-order valence-corrected chi connectivity index (χ2v) is 0.622. The Kier molecular flexibility index (Phi) is 16.4. The second kappa shape index (κ2) is 9.55. The molecule has 0 aromatic heterocycles. The van der Waals surface area contributed by atoms with E-state index < -0.39 is 0 Å². The van der Waals surface area contributed by atoms with Crippen LogP contribution in [0.5, 0.6) is 0 Å². The van der Waals surface area contributed by atoms with Gasteiger partial charge in [-0.1, -0.05) is 0 Å².